The van der Waals surface area contributed by atoms with E-state index in [1.54, 1.807) is 11.8 Å². The summed E-state index contributed by atoms with van der Waals surface area (Å²) >= 11 is 3.19. The van der Waals surface area contributed by atoms with Crippen molar-refractivity contribution in [3.05, 3.63) is 4.88 Å². The molecule has 20 heavy (non-hydrogen) atoms. The van der Waals surface area contributed by atoms with Gasteiger partial charge in [-0.15, -0.1) is 0 Å². The largest absolute Gasteiger partial charge is 0.382 e. The molecular weight excluding hydrogens is 292 g/mol. The van der Waals surface area contributed by atoms with E-state index in [1.165, 1.54) is 30.6 Å². The maximum Gasteiger partial charge on any atom is 0.265 e. The number of nitrogens with one attached hydrogen (secondary N) is 1. The number of thioether (sulfide) groups is 1. The second-order valence-corrected chi connectivity index (χ2v) is 6.82. The standard InChI is InChI=1S/C13H22N4OS2/c1-19-9-5-6-15-12(18)10-11(14)16-13(20-10)17-7-3-2-4-8-17/h2-9,14H2,1H3,(H,15,18). The van der Waals surface area contributed by atoms with Crippen LogP contribution in [0.15, 0.2) is 0 Å². The average Bonchev–Trinajstić information content (AvgIpc) is 2.86. The molecule has 0 bridgehead atoms. The monoisotopic (exact) mass is 314 g/mol. The Kier molecular flexibility index (Phi) is 5.97. The molecule has 5 nitrogen and oxygen atoms in total. The number of hydrogen-bond donors (Lipinski definition) is 2. The van der Waals surface area contributed by atoms with Crippen LogP contribution in [0.25, 0.3) is 0 Å². The molecule has 1 aromatic heterocycles. The third-order valence-corrected chi connectivity index (χ3v) is 5.11. The fourth-order valence-electron chi connectivity index (χ4n) is 2.20. The third-order valence-electron chi connectivity index (χ3n) is 3.29. The Morgan fingerprint density at radius 1 is 1.45 bits per heavy atom. The predicted octanol–water partition coefficient (Wildman–Crippen LogP) is 2.20. The molecule has 1 amide bonds. The van der Waals surface area contributed by atoms with Crippen LogP contribution in [0.1, 0.15) is 35.4 Å². The molecule has 112 valence electrons. The van der Waals surface area contributed by atoms with E-state index in [9.17, 15) is 4.79 Å². The second-order valence-electron chi connectivity index (χ2n) is 4.86. The quantitative estimate of drug-likeness (QED) is 0.788. The Morgan fingerprint density at radius 2 is 2.20 bits per heavy atom. The first-order valence-electron chi connectivity index (χ1n) is 7.00. The van der Waals surface area contributed by atoms with E-state index >= 15 is 0 Å². The topological polar surface area (TPSA) is 71.2 Å². The number of nitrogen functional groups attached to an aromatic ring is 1. The van der Waals surface area contributed by atoms with Gasteiger partial charge in [-0.3, -0.25) is 4.79 Å². The molecule has 0 radical (unpaired) electrons. The van der Waals surface area contributed by atoms with E-state index in [1.807, 2.05) is 0 Å². The molecule has 3 N–H and O–H groups in total. The van der Waals surface area contributed by atoms with Crippen LogP contribution in [0.3, 0.4) is 0 Å². The van der Waals surface area contributed by atoms with Crippen molar-refractivity contribution in [3.8, 4) is 0 Å². The van der Waals surface area contributed by atoms with Crippen LogP contribution in [0.5, 0.6) is 0 Å². The summed E-state index contributed by atoms with van der Waals surface area (Å²) in [6.07, 6.45) is 6.70. The molecular formula is C13H22N4OS2. The van der Waals surface area contributed by atoms with E-state index in [0.29, 0.717) is 17.2 Å². The number of thiazole rings is 1. The molecule has 1 aromatic rings. The van der Waals surface area contributed by atoms with Crippen molar-refractivity contribution in [1.29, 1.82) is 0 Å². The molecule has 1 saturated heterocycles. The average molecular weight is 314 g/mol. The van der Waals surface area contributed by atoms with Crippen LogP contribution in [0, 0.1) is 0 Å². The molecule has 1 fully saturated rings. The molecule has 7 heteroatoms. The van der Waals surface area contributed by atoms with Crippen LogP contribution < -0.4 is 16.0 Å². The zero-order valence-electron chi connectivity index (χ0n) is 11.9. The highest BCUT2D eigenvalue weighted by molar-refractivity contribution is 7.98. The number of piperidine rings is 1. The minimum Gasteiger partial charge on any atom is -0.382 e. The first-order valence-corrected chi connectivity index (χ1v) is 9.22. The van der Waals surface area contributed by atoms with E-state index in [4.69, 9.17) is 5.73 Å². The number of nitrogens with two attached hydrogens (primary N) is 1. The Balaban J connectivity index is 1.94. The van der Waals surface area contributed by atoms with E-state index in [-0.39, 0.29) is 5.91 Å². The van der Waals surface area contributed by atoms with Gasteiger partial charge in [0.1, 0.15) is 10.7 Å². The number of nitrogens with zero attached hydrogens (tertiary/aromatic N) is 2. The van der Waals surface area contributed by atoms with Gasteiger partial charge < -0.3 is 16.0 Å². The van der Waals surface area contributed by atoms with E-state index in [0.717, 1.165) is 30.4 Å². The third kappa shape index (κ3) is 4.02. The highest BCUT2D eigenvalue weighted by atomic mass is 32.2. The first-order chi connectivity index (χ1) is 9.72. The SMILES string of the molecule is CSCCCNC(=O)c1sc(N2CCCCC2)nc1N. The van der Waals surface area contributed by atoms with Crippen LogP contribution >= 0.6 is 23.1 Å². The maximum absolute atomic E-state index is 12.1. The molecule has 1 aliphatic rings. The first kappa shape index (κ1) is 15.4. The fourth-order valence-corrected chi connectivity index (χ4v) is 3.59. The number of hydrogen-bond acceptors (Lipinski definition) is 6. The van der Waals surface area contributed by atoms with Gasteiger partial charge in [-0.25, -0.2) is 4.98 Å². The van der Waals surface area contributed by atoms with E-state index < -0.39 is 0 Å². The van der Waals surface area contributed by atoms with Crippen molar-refractivity contribution >= 4 is 40.0 Å². The van der Waals surface area contributed by atoms with Crippen molar-refractivity contribution in [2.75, 3.05) is 42.3 Å². The summed E-state index contributed by atoms with van der Waals surface area (Å²) in [5.41, 5.74) is 5.89. The molecule has 0 spiro atoms. The molecule has 1 aliphatic heterocycles. The Hall–Kier alpha value is -0.950. The number of anilines is 2. The summed E-state index contributed by atoms with van der Waals surface area (Å²) in [7, 11) is 0. The summed E-state index contributed by atoms with van der Waals surface area (Å²) in [6, 6.07) is 0. The van der Waals surface area contributed by atoms with Crippen molar-refractivity contribution in [1.82, 2.24) is 10.3 Å². The Bertz CT molecular complexity index is 444. The molecule has 0 aliphatic carbocycles. The lowest BCUT2D eigenvalue weighted by atomic mass is 10.1. The number of aromatic nitrogens is 1. The van der Waals surface area contributed by atoms with Gasteiger partial charge in [-0.2, -0.15) is 11.8 Å². The summed E-state index contributed by atoms with van der Waals surface area (Å²) in [5, 5.41) is 3.80. The number of carbonyl (C=O) groups is 1. The second kappa shape index (κ2) is 7.73. The maximum atomic E-state index is 12.1. The van der Waals surface area contributed by atoms with Crippen molar-refractivity contribution in [3.63, 3.8) is 0 Å². The van der Waals surface area contributed by atoms with Gasteiger partial charge in [0.25, 0.3) is 5.91 Å². The van der Waals surface area contributed by atoms with Gasteiger partial charge in [-0.05, 0) is 37.7 Å². The number of amides is 1. The molecule has 0 atom stereocenters. The smallest absolute Gasteiger partial charge is 0.265 e. The van der Waals surface area contributed by atoms with Crippen LogP contribution in [-0.4, -0.2) is 42.5 Å². The minimum atomic E-state index is -0.0932. The summed E-state index contributed by atoms with van der Waals surface area (Å²) in [4.78, 5) is 19.2. The van der Waals surface area contributed by atoms with Gasteiger partial charge in [0.15, 0.2) is 5.13 Å². The van der Waals surface area contributed by atoms with Gasteiger partial charge in [0.2, 0.25) is 0 Å². The van der Waals surface area contributed by atoms with Crippen LogP contribution in [0.2, 0.25) is 0 Å². The van der Waals surface area contributed by atoms with Gasteiger partial charge in [0.05, 0.1) is 0 Å². The van der Waals surface area contributed by atoms with Crippen LogP contribution in [0.4, 0.5) is 10.9 Å². The minimum absolute atomic E-state index is 0.0932. The highest BCUT2D eigenvalue weighted by Crippen LogP contribution is 2.29. The van der Waals surface area contributed by atoms with Gasteiger partial charge in [-0.1, -0.05) is 11.3 Å². The fraction of sp³-hybridized carbons (Fsp3) is 0.692. The zero-order valence-corrected chi connectivity index (χ0v) is 13.5. The molecule has 2 heterocycles. The van der Waals surface area contributed by atoms with Crippen molar-refractivity contribution in [2.24, 2.45) is 0 Å². The Morgan fingerprint density at radius 3 is 2.90 bits per heavy atom. The number of carbonyl (C=O) groups excluding carboxylic acids is 1. The molecule has 0 unspecified atom stereocenters. The predicted molar refractivity (Wildman–Crippen MR) is 87.9 cm³/mol. The van der Waals surface area contributed by atoms with Crippen LogP contribution in [-0.2, 0) is 0 Å². The van der Waals surface area contributed by atoms with Gasteiger partial charge in [0, 0.05) is 19.6 Å². The normalized spacial score (nSPS) is 15.3. The summed E-state index contributed by atoms with van der Waals surface area (Å²) < 4.78 is 0. The lowest BCUT2D eigenvalue weighted by Crippen LogP contribution is -2.29. The summed E-state index contributed by atoms with van der Waals surface area (Å²) in [5.74, 6) is 1.32. The lowest BCUT2D eigenvalue weighted by molar-refractivity contribution is 0.0958. The molecule has 2 rings (SSSR count). The van der Waals surface area contributed by atoms with Gasteiger partial charge >= 0.3 is 0 Å². The Labute approximate surface area is 128 Å². The highest BCUT2D eigenvalue weighted by Gasteiger charge is 2.20. The zero-order chi connectivity index (χ0) is 14.4. The van der Waals surface area contributed by atoms with Crippen molar-refractivity contribution in [2.45, 2.75) is 25.7 Å². The molecule has 0 saturated carbocycles. The lowest BCUT2D eigenvalue weighted by Gasteiger charge is -2.25. The molecule has 0 aromatic carbocycles. The van der Waals surface area contributed by atoms with Crippen molar-refractivity contribution < 1.29 is 4.79 Å². The number of rotatable bonds is 6. The summed E-state index contributed by atoms with van der Waals surface area (Å²) in [6.45, 7) is 2.72. The van der Waals surface area contributed by atoms with E-state index in [2.05, 4.69) is 21.5 Å².